The molecule has 0 N–H and O–H groups in total. The van der Waals surface area contributed by atoms with Crippen LogP contribution in [0.1, 0.15) is 18.4 Å². The van der Waals surface area contributed by atoms with Gasteiger partial charge in [0.1, 0.15) is 0 Å². The van der Waals surface area contributed by atoms with Gasteiger partial charge in [0.2, 0.25) is 5.13 Å². The van der Waals surface area contributed by atoms with Crippen molar-refractivity contribution in [3.05, 3.63) is 71.7 Å². The first-order valence-electron chi connectivity index (χ1n) is 11.2. The predicted molar refractivity (Wildman–Crippen MR) is 142 cm³/mol. The molecule has 0 saturated carbocycles. The van der Waals surface area contributed by atoms with E-state index in [0.29, 0.717) is 5.13 Å². The molecule has 1 fully saturated rings. The van der Waals surface area contributed by atoms with Gasteiger partial charge < -0.3 is 9.80 Å². The molecule has 7 nitrogen and oxygen atoms in total. The van der Waals surface area contributed by atoms with Crippen molar-refractivity contribution in [2.45, 2.75) is 19.8 Å². The molecule has 0 aliphatic carbocycles. The van der Waals surface area contributed by atoms with Crippen LogP contribution < -0.4 is 9.80 Å². The maximum Gasteiger partial charge on any atom is 0.229 e. The monoisotopic (exact) mass is 487 g/mol. The van der Waals surface area contributed by atoms with Crippen LogP contribution in [-0.4, -0.2) is 25.1 Å². The average molecular weight is 488 g/mol. The highest BCUT2D eigenvalue weighted by Crippen LogP contribution is 2.38. The van der Waals surface area contributed by atoms with Crippen LogP contribution in [0.4, 0.5) is 37.9 Å². The lowest BCUT2D eigenvalue weighted by atomic mass is 10.2. The highest BCUT2D eigenvalue weighted by molar-refractivity contribution is 7.20. The van der Waals surface area contributed by atoms with E-state index in [2.05, 4.69) is 73.5 Å². The number of benzene rings is 2. The zero-order valence-electron chi connectivity index (χ0n) is 19.1. The highest BCUT2D eigenvalue weighted by Gasteiger charge is 2.16. The molecule has 0 amide bonds. The van der Waals surface area contributed by atoms with Gasteiger partial charge in [0, 0.05) is 37.4 Å². The van der Waals surface area contributed by atoms with Crippen LogP contribution in [0.15, 0.2) is 86.6 Å². The summed E-state index contributed by atoms with van der Waals surface area (Å²) in [6.07, 6.45) is 4.30. The summed E-state index contributed by atoms with van der Waals surface area (Å²) in [5.74, 6) is 0. The van der Waals surface area contributed by atoms with Crippen molar-refractivity contribution in [1.82, 2.24) is 4.98 Å². The summed E-state index contributed by atoms with van der Waals surface area (Å²) < 4.78 is 0. The van der Waals surface area contributed by atoms with E-state index in [0.717, 1.165) is 28.3 Å². The highest BCUT2D eigenvalue weighted by atomic mass is 32.1. The lowest BCUT2D eigenvalue weighted by molar-refractivity contribution is 0.949. The second-order valence-electron chi connectivity index (χ2n) is 8.07. The van der Waals surface area contributed by atoms with Crippen LogP contribution in [0, 0.1) is 6.92 Å². The molecule has 1 saturated heterocycles. The van der Waals surface area contributed by atoms with Gasteiger partial charge >= 0.3 is 0 Å². The van der Waals surface area contributed by atoms with Crippen LogP contribution in [0.3, 0.4) is 0 Å². The van der Waals surface area contributed by atoms with Gasteiger partial charge in [-0.2, -0.15) is 10.2 Å². The average Bonchev–Trinajstić information content (AvgIpc) is 3.64. The van der Waals surface area contributed by atoms with Gasteiger partial charge in [-0.1, -0.05) is 0 Å². The summed E-state index contributed by atoms with van der Waals surface area (Å²) in [5.41, 5.74) is 4.59. The number of hydrogen-bond donors (Lipinski definition) is 0. The third-order valence-electron chi connectivity index (χ3n) is 5.69. The van der Waals surface area contributed by atoms with Crippen molar-refractivity contribution in [2.24, 2.45) is 20.5 Å². The third-order valence-corrected chi connectivity index (χ3v) is 7.57. The Morgan fingerprint density at radius 2 is 1.62 bits per heavy atom. The molecule has 3 heterocycles. The smallest absolute Gasteiger partial charge is 0.229 e. The van der Waals surface area contributed by atoms with Gasteiger partial charge in [-0.3, -0.25) is 0 Å². The molecule has 0 bridgehead atoms. The summed E-state index contributed by atoms with van der Waals surface area (Å²) in [6.45, 7) is 4.40. The van der Waals surface area contributed by atoms with Gasteiger partial charge in [-0.05, 0) is 79.9 Å². The number of hydrogen-bond acceptors (Lipinski definition) is 9. The number of thiazole rings is 1. The van der Waals surface area contributed by atoms with Gasteiger partial charge in [0.05, 0.1) is 27.1 Å². The largest absolute Gasteiger partial charge is 0.363 e. The Morgan fingerprint density at radius 1 is 0.882 bits per heavy atom. The topological polar surface area (TPSA) is 68.8 Å². The Balaban J connectivity index is 1.24. The van der Waals surface area contributed by atoms with Crippen molar-refractivity contribution < 1.29 is 0 Å². The lowest BCUT2D eigenvalue weighted by Crippen LogP contribution is -2.15. The fourth-order valence-corrected chi connectivity index (χ4v) is 5.25. The van der Waals surface area contributed by atoms with E-state index in [1.165, 1.54) is 47.3 Å². The number of azo groups is 2. The Hall–Kier alpha value is -3.43. The molecule has 0 unspecified atom stereocenters. The van der Waals surface area contributed by atoms with E-state index in [1.54, 1.807) is 6.20 Å². The lowest BCUT2D eigenvalue weighted by Gasteiger charge is -2.19. The fourth-order valence-electron chi connectivity index (χ4n) is 3.76. The van der Waals surface area contributed by atoms with Crippen molar-refractivity contribution in [2.75, 3.05) is 29.9 Å². The van der Waals surface area contributed by atoms with Gasteiger partial charge in [-0.25, -0.2) is 4.98 Å². The second kappa shape index (κ2) is 10.2. The Labute approximate surface area is 207 Å². The molecular formula is C25H25N7S2. The van der Waals surface area contributed by atoms with Crippen molar-refractivity contribution >= 4 is 60.6 Å². The van der Waals surface area contributed by atoms with Gasteiger partial charge in [0.15, 0.2) is 0 Å². The van der Waals surface area contributed by atoms with Crippen molar-refractivity contribution in [1.29, 1.82) is 0 Å². The zero-order chi connectivity index (χ0) is 23.3. The Morgan fingerprint density at radius 3 is 2.29 bits per heavy atom. The Kier molecular flexibility index (Phi) is 6.73. The zero-order valence-corrected chi connectivity index (χ0v) is 20.8. The van der Waals surface area contributed by atoms with E-state index >= 15 is 0 Å². The first-order chi connectivity index (χ1) is 16.7. The molecule has 34 heavy (non-hydrogen) atoms. The molecule has 4 aromatic rings. The molecule has 1 aliphatic heterocycles. The normalized spacial score (nSPS) is 14.0. The molecular weight excluding hydrogens is 462 g/mol. The molecule has 9 heteroatoms. The molecule has 1 aliphatic rings. The van der Waals surface area contributed by atoms with Gasteiger partial charge in [0.25, 0.3) is 0 Å². The van der Waals surface area contributed by atoms with Crippen LogP contribution in [0.5, 0.6) is 0 Å². The maximum atomic E-state index is 4.46. The predicted octanol–water partition coefficient (Wildman–Crippen LogP) is 8.71. The molecule has 2 aromatic carbocycles. The summed E-state index contributed by atoms with van der Waals surface area (Å²) in [5, 5.41) is 22.3. The van der Waals surface area contributed by atoms with E-state index in [-0.39, 0.29) is 0 Å². The van der Waals surface area contributed by atoms with E-state index in [9.17, 15) is 0 Å². The third kappa shape index (κ3) is 5.21. The van der Waals surface area contributed by atoms with Crippen molar-refractivity contribution in [3.8, 4) is 0 Å². The molecule has 0 spiro atoms. The fraction of sp³-hybridized carbons (Fsp3) is 0.240. The number of nitrogens with zero attached hydrogens (tertiary/aromatic N) is 7. The summed E-state index contributed by atoms with van der Waals surface area (Å²) in [6, 6.07) is 18.2. The number of rotatable bonds is 7. The standard InChI is InChI=1S/C25H25N7S2/c1-18-17-21(31(2)23-11-12-24(34-23)32-14-3-4-15-32)9-10-22(18)29-27-19-5-7-20(8-6-19)28-30-25-26-13-16-33-25/h5-13,16-17H,3-4,14-15H2,1-2H3/b29-27+,30-28+. The minimum absolute atomic E-state index is 0.638. The number of aryl methyl sites for hydroxylation is 1. The Bertz CT molecular complexity index is 1290. The van der Waals surface area contributed by atoms with Gasteiger partial charge in [-0.15, -0.1) is 32.9 Å². The van der Waals surface area contributed by atoms with Crippen LogP contribution >= 0.6 is 22.7 Å². The van der Waals surface area contributed by atoms with Crippen LogP contribution in [0.25, 0.3) is 0 Å². The minimum Gasteiger partial charge on any atom is -0.363 e. The van der Waals surface area contributed by atoms with E-state index < -0.39 is 0 Å². The SMILES string of the molecule is Cc1cc(N(C)c2ccc(N3CCCC3)s2)ccc1/N=N/c1ccc(/N=N/c2nccs2)cc1. The molecule has 0 radical (unpaired) electrons. The quantitative estimate of drug-likeness (QED) is 0.245. The minimum atomic E-state index is 0.638. The summed E-state index contributed by atoms with van der Waals surface area (Å²) in [7, 11) is 2.11. The maximum absolute atomic E-state index is 4.46. The van der Waals surface area contributed by atoms with E-state index in [4.69, 9.17) is 0 Å². The molecule has 2 aromatic heterocycles. The molecule has 0 atom stereocenters. The second-order valence-corrected chi connectivity index (χ2v) is 9.98. The first-order valence-corrected chi connectivity index (χ1v) is 12.9. The summed E-state index contributed by atoms with van der Waals surface area (Å²) >= 11 is 3.30. The molecule has 172 valence electrons. The van der Waals surface area contributed by atoms with Crippen LogP contribution in [0.2, 0.25) is 0 Å². The summed E-state index contributed by atoms with van der Waals surface area (Å²) in [4.78, 5) is 8.80. The number of anilines is 3. The number of aromatic nitrogens is 1. The first kappa shape index (κ1) is 22.4. The molecule has 5 rings (SSSR count). The van der Waals surface area contributed by atoms with Crippen LogP contribution in [-0.2, 0) is 0 Å². The van der Waals surface area contributed by atoms with Crippen molar-refractivity contribution in [3.63, 3.8) is 0 Å². The van der Waals surface area contributed by atoms with E-state index in [1.807, 2.05) is 47.0 Å². The number of thiophene rings is 1.